The van der Waals surface area contributed by atoms with Crippen LogP contribution in [-0.4, -0.2) is 31.6 Å². The summed E-state index contributed by atoms with van der Waals surface area (Å²) in [4.78, 5) is 26.9. The summed E-state index contributed by atoms with van der Waals surface area (Å²) in [5, 5.41) is 0. The van der Waals surface area contributed by atoms with Crippen LogP contribution in [0.15, 0.2) is 18.2 Å². The molecular weight excluding hydrogens is 240 g/mol. The summed E-state index contributed by atoms with van der Waals surface area (Å²) < 4.78 is 10.7. The van der Waals surface area contributed by atoms with E-state index in [1.165, 1.54) is 0 Å². The molecule has 0 atom stereocenters. The molecule has 0 aromatic heterocycles. The number of nitrogens with one attached hydrogen (secondary N) is 1. The van der Waals surface area contributed by atoms with Crippen LogP contribution in [0.3, 0.4) is 0 Å². The van der Waals surface area contributed by atoms with E-state index in [0.717, 1.165) is 0 Å². The highest BCUT2D eigenvalue weighted by atomic mass is 16.7. The van der Waals surface area contributed by atoms with Crippen LogP contribution >= 0.6 is 0 Å². The van der Waals surface area contributed by atoms with Crippen molar-refractivity contribution >= 4 is 11.8 Å². The largest absolute Gasteiger partial charge is 0.486 e. The second kappa shape index (κ2) is 5.37. The van der Waals surface area contributed by atoms with E-state index in [1.807, 2.05) is 0 Å². The minimum atomic E-state index is -0.676. The number of hydrogen-bond donors (Lipinski definition) is 2. The molecule has 0 aliphatic carbocycles. The number of rotatable bonds is 4. The van der Waals surface area contributed by atoms with Gasteiger partial charge in [0.2, 0.25) is 5.91 Å². The van der Waals surface area contributed by atoms with Crippen molar-refractivity contribution in [3.8, 4) is 11.5 Å². The molecule has 0 fully saturated rings. The summed E-state index contributed by atoms with van der Waals surface area (Å²) >= 11 is 0. The summed E-state index contributed by atoms with van der Waals surface area (Å²) in [6.07, 6.45) is 0. The lowest BCUT2D eigenvalue weighted by molar-refractivity contribution is -0.124. The molecule has 7 heteroatoms. The summed E-state index contributed by atoms with van der Waals surface area (Å²) in [6.45, 7) is 0.424. The van der Waals surface area contributed by atoms with E-state index < -0.39 is 18.4 Å². The van der Waals surface area contributed by atoms with Gasteiger partial charge >= 0.3 is 0 Å². The van der Waals surface area contributed by atoms with Gasteiger partial charge in [-0.05, 0) is 12.1 Å². The van der Waals surface area contributed by atoms with Gasteiger partial charge in [0.25, 0.3) is 5.91 Å². The molecule has 0 saturated heterocycles. The first-order chi connectivity index (χ1) is 8.68. The van der Waals surface area contributed by atoms with Crippen molar-refractivity contribution < 1.29 is 23.9 Å². The molecule has 7 nitrogen and oxygen atoms in total. The molecule has 1 aromatic carbocycles. The second-order valence-electron chi connectivity index (χ2n) is 3.52. The third-order valence-corrected chi connectivity index (χ3v) is 2.19. The lowest BCUT2D eigenvalue weighted by Gasteiger charge is -2.20. The molecule has 96 valence electrons. The number of amides is 2. The van der Waals surface area contributed by atoms with Crippen LogP contribution in [0.25, 0.3) is 0 Å². The summed E-state index contributed by atoms with van der Waals surface area (Å²) in [5.74, 6) is -0.337. The minimum absolute atomic E-state index is 0.275. The van der Waals surface area contributed by atoms with E-state index in [4.69, 9.17) is 15.2 Å². The van der Waals surface area contributed by atoms with Crippen LogP contribution in [0.1, 0.15) is 10.4 Å². The molecule has 2 amide bonds. The maximum absolute atomic E-state index is 11.8. The van der Waals surface area contributed by atoms with Gasteiger partial charge in [0.1, 0.15) is 13.2 Å². The van der Waals surface area contributed by atoms with Gasteiger partial charge in [-0.25, -0.2) is 5.48 Å². The number of ether oxygens (including phenoxy) is 2. The van der Waals surface area contributed by atoms with Gasteiger partial charge < -0.3 is 15.2 Å². The monoisotopic (exact) mass is 252 g/mol. The Balaban J connectivity index is 2.08. The third kappa shape index (κ3) is 2.69. The van der Waals surface area contributed by atoms with Gasteiger partial charge in [-0.2, -0.15) is 0 Å². The van der Waals surface area contributed by atoms with Crippen LogP contribution in [-0.2, 0) is 9.63 Å². The highest BCUT2D eigenvalue weighted by Gasteiger charge is 2.20. The number of primary amides is 1. The van der Waals surface area contributed by atoms with Crippen molar-refractivity contribution in [3.63, 3.8) is 0 Å². The van der Waals surface area contributed by atoms with Gasteiger partial charge in [0.15, 0.2) is 18.1 Å². The average molecular weight is 252 g/mol. The first-order valence-corrected chi connectivity index (χ1v) is 5.27. The SMILES string of the molecule is NC(=O)CONC(=O)c1cccc2c1OCCO2. The molecule has 0 saturated carbocycles. The number of nitrogens with two attached hydrogens (primary N) is 1. The van der Waals surface area contributed by atoms with Crippen molar-refractivity contribution in [2.75, 3.05) is 19.8 Å². The molecule has 1 heterocycles. The first-order valence-electron chi connectivity index (χ1n) is 5.27. The van der Waals surface area contributed by atoms with Crippen molar-refractivity contribution in [3.05, 3.63) is 23.8 Å². The lowest BCUT2D eigenvalue weighted by Crippen LogP contribution is -2.30. The number of fused-ring (bicyclic) bond motifs is 1. The highest BCUT2D eigenvalue weighted by molar-refractivity contribution is 5.97. The number of carbonyl (C=O) groups excluding carboxylic acids is 2. The standard InChI is InChI=1S/C11H12N2O5/c12-9(14)6-18-13-11(15)7-2-1-3-8-10(7)17-5-4-16-8/h1-3H,4-6H2,(H2,12,14)(H,13,15). The van der Waals surface area contributed by atoms with Gasteiger partial charge in [0, 0.05) is 0 Å². The Labute approximate surface area is 103 Å². The zero-order valence-corrected chi connectivity index (χ0v) is 9.47. The van der Waals surface area contributed by atoms with Crippen molar-refractivity contribution in [2.24, 2.45) is 5.73 Å². The first kappa shape index (κ1) is 12.2. The van der Waals surface area contributed by atoms with E-state index in [9.17, 15) is 9.59 Å². The molecule has 0 radical (unpaired) electrons. The molecule has 2 rings (SSSR count). The van der Waals surface area contributed by atoms with Gasteiger partial charge in [-0.1, -0.05) is 6.07 Å². The maximum atomic E-state index is 11.8. The van der Waals surface area contributed by atoms with Crippen LogP contribution in [0.5, 0.6) is 11.5 Å². The smallest absolute Gasteiger partial charge is 0.278 e. The molecule has 1 aliphatic heterocycles. The topological polar surface area (TPSA) is 99.9 Å². The van der Waals surface area contributed by atoms with Crippen LogP contribution in [0.2, 0.25) is 0 Å². The zero-order valence-electron chi connectivity index (χ0n) is 9.47. The Morgan fingerprint density at radius 1 is 1.33 bits per heavy atom. The van der Waals surface area contributed by atoms with Crippen LogP contribution < -0.4 is 20.7 Å². The molecule has 0 spiro atoms. The predicted octanol–water partition coefficient (Wildman–Crippen LogP) is -0.395. The number of carbonyl (C=O) groups is 2. The molecule has 1 aliphatic rings. The number of hydrogen-bond acceptors (Lipinski definition) is 5. The van der Waals surface area contributed by atoms with Gasteiger partial charge in [-0.3, -0.25) is 14.4 Å². The number of para-hydroxylation sites is 1. The fourth-order valence-corrected chi connectivity index (χ4v) is 1.48. The number of hydroxylamine groups is 1. The minimum Gasteiger partial charge on any atom is -0.486 e. The fourth-order valence-electron chi connectivity index (χ4n) is 1.48. The molecule has 18 heavy (non-hydrogen) atoms. The number of benzene rings is 1. The third-order valence-electron chi connectivity index (χ3n) is 2.19. The lowest BCUT2D eigenvalue weighted by atomic mass is 10.1. The van der Waals surface area contributed by atoms with Crippen LogP contribution in [0.4, 0.5) is 0 Å². The van der Waals surface area contributed by atoms with E-state index in [0.29, 0.717) is 24.7 Å². The van der Waals surface area contributed by atoms with Crippen molar-refractivity contribution in [2.45, 2.75) is 0 Å². The predicted molar refractivity (Wildman–Crippen MR) is 60.0 cm³/mol. The van der Waals surface area contributed by atoms with E-state index >= 15 is 0 Å². The fraction of sp³-hybridized carbons (Fsp3) is 0.273. The highest BCUT2D eigenvalue weighted by Crippen LogP contribution is 2.33. The van der Waals surface area contributed by atoms with Crippen molar-refractivity contribution in [1.29, 1.82) is 0 Å². The summed E-state index contributed by atoms with van der Waals surface area (Å²) in [5.41, 5.74) is 7.25. The van der Waals surface area contributed by atoms with E-state index in [1.54, 1.807) is 18.2 Å². The molecule has 1 aromatic rings. The van der Waals surface area contributed by atoms with E-state index in [2.05, 4.69) is 10.3 Å². The van der Waals surface area contributed by atoms with Gasteiger partial charge in [0.05, 0.1) is 5.56 Å². The Bertz CT molecular complexity index is 475. The average Bonchev–Trinajstić information content (AvgIpc) is 2.37. The molecular formula is C11H12N2O5. The molecule has 0 unspecified atom stereocenters. The molecule has 0 bridgehead atoms. The summed E-state index contributed by atoms with van der Waals surface area (Å²) in [6, 6.07) is 4.93. The molecule has 3 N–H and O–H groups in total. The Morgan fingerprint density at radius 3 is 2.89 bits per heavy atom. The van der Waals surface area contributed by atoms with E-state index in [-0.39, 0.29) is 5.56 Å². The van der Waals surface area contributed by atoms with Gasteiger partial charge in [-0.15, -0.1) is 0 Å². The van der Waals surface area contributed by atoms with Crippen molar-refractivity contribution in [1.82, 2.24) is 5.48 Å². The van der Waals surface area contributed by atoms with Crippen LogP contribution in [0, 0.1) is 0 Å². The Kier molecular flexibility index (Phi) is 3.63. The quantitative estimate of drug-likeness (QED) is 0.710. The zero-order chi connectivity index (χ0) is 13.0. The summed E-state index contributed by atoms with van der Waals surface area (Å²) in [7, 11) is 0. The Hall–Kier alpha value is -2.28. The second-order valence-corrected chi connectivity index (χ2v) is 3.52. The maximum Gasteiger partial charge on any atom is 0.278 e. The normalized spacial score (nSPS) is 12.9. The Morgan fingerprint density at radius 2 is 2.11 bits per heavy atom.